The van der Waals surface area contributed by atoms with Crippen LogP contribution in [0.4, 0.5) is 4.39 Å². The molecule has 1 aromatic heterocycles. The van der Waals surface area contributed by atoms with E-state index in [0.717, 1.165) is 17.1 Å². The highest BCUT2D eigenvalue weighted by atomic mass is 19.1. The van der Waals surface area contributed by atoms with Crippen molar-refractivity contribution in [2.45, 2.75) is 32.9 Å². The van der Waals surface area contributed by atoms with Gasteiger partial charge in [-0.25, -0.2) is 4.39 Å². The van der Waals surface area contributed by atoms with E-state index in [9.17, 15) is 4.39 Å². The molecule has 2 aromatic carbocycles. The van der Waals surface area contributed by atoms with Gasteiger partial charge in [0.1, 0.15) is 17.3 Å². The molecule has 0 radical (unpaired) electrons. The number of hydrogen-bond acceptors (Lipinski definition) is 6. The zero-order chi connectivity index (χ0) is 20.3. The van der Waals surface area contributed by atoms with Crippen molar-refractivity contribution < 1.29 is 18.4 Å². The Morgan fingerprint density at radius 3 is 2.50 bits per heavy atom. The molecule has 0 saturated heterocycles. The average molecular weight is 385 g/mol. The van der Waals surface area contributed by atoms with Crippen LogP contribution in [0.3, 0.4) is 0 Å². The Bertz CT molecular complexity index is 958. The second kappa shape index (κ2) is 8.39. The number of hydrogen-bond donors (Lipinski definition) is 1. The van der Waals surface area contributed by atoms with Crippen LogP contribution in [0, 0.1) is 12.7 Å². The highest BCUT2D eigenvalue weighted by Crippen LogP contribution is 2.31. The monoisotopic (exact) mass is 385 g/mol. The third-order valence-corrected chi connectivity index (χ3v) is 4.65. The molecule has 3 aromatic rings. The molecule has 0 aliphatic heterocycles. The summed E-state index contributed by atoms with van der Waals surface area (Å²) in [5.74, 6) is 1.99. The predicted octanol–water partition coefficient (Wildman–Crippen LogP) is 4.61. The Morgan fingerprint density at radius 1 is 1.04 bits per heavy atom. The summed E-state index contributed by atoms with van der Waals surface area (Å²) in [6.07, 6.45) is 0. The van der Waals surface area contributed by atoms with Crippen LogP contribution in [0.25, 0.3) is 11.4 Å². The normalized spacial score (nSPS) is 13.2. The molecule has 2 atom stereocenters. The minimum atomic E-state index is -0.297. The van der Waals surface area contributed by atoms with Gasteiger partial charge in [0.2, 0.25) is 11.7 Å². The number of benzene rings is 2. The van der Waals surface area contributed by atoms with Crippen molar-refractivity contribution in [2.75, 3.05) is 14.2 Å². The lowest BCUT2D eigenvalue weighted by Gasteiger charge is -2.20. The lowest BCUT2D eigenvalue weighted by Crippen LogP contribution is -2.23. The van der Waals surface area contributed by atoms with Crippen molar-refractivity contribution in [3.05, 3.63) is 59.2 Å². The summed E-state index contributed by atoms with van der Waals surface area (Å²) in [6.45, 7) is 5.65. The standard InChI is InChI=1S/C21H24FN3O3/c1-12-6-7-15(10-18(12)22)20-24-21(28-25-20)14(3)23-13(2)17-11-16(26-4)8-9-19(17)27-5/h6-11,13-14,23H,1-5H3. The number of halogens is 1. The van der Waals surface area contributed by atoms with E-state index in [1.807, 2.05) is 32.0 Å². The minimum absolute atomic E-state index is 0.0628. The van der Waals surface area contributed by atoms with Crippen molar-refractivity contribution >= 4 is 0 Å². The summed E-state index contributed by atoms with van der Waals surface area (Å²) in [6, 6.07) is 10.2. The molecule has 6 nitrogen and oxygen atoms in total. The van der Waals surface area contributed by atoms with Crippen molar-refractivity contribution in [1.82, 2.24) is 15.5 Å². The van der Waals surface area contributed by atoms with Gasteiger partial charge < -0.3 is 14.0 Å². The van der Waals surface area contributed by atoms with Crippen LogP contribution in [0.5, 0.6) is 11.5 Å². The van der Waals surface area contributed by atoms with E-state index < -0.39 is 0 Å². The summed E-state index contributed by atoms with van der Waals surface area (Å²) in [7, 11) is 3.26. The maximum absolute atomic E-state index is 13.8. The van der Waals surface area contributed by atoms with Gasteiger partial charge in [-0.3, -0.25) is 5.32 Å². The van der Waals surface area contributed by atoms with Crippen molar-refractivity contribution in [3.63, 3.8) is 0 Å². The smallest absolute Gasteiger partial charge is 0.243 e. The molecule has 0 aliphatic rings. The predicted molar refractivity (Wildman–Crippen MR) is 104 cm³/mol. The van der Waals surface area contributed by atoms with Gasteiger partial charge in [0, 0.05) is 17.2 Å². The Morgan fingerprint density at radius 2 is 1.82 bits per heavy atom. The quantitative estimate of drug-likeness (QED) is 0.640. The fourth-order valence-corrected chi connectivity index (χ4v) is 2.97. The second-order valence-corrected chi connectivity index (χ2v) is 6.64. The van der Waals surface area contributed by atoms with E-state index in [1.54, 1.807) is 33.3 Å². The number of aryl methyl sites for hydroxylation is 1. The summed E-state index contributed by atoms with van der Waals surface area (Å²) in [5, 5.41) is 7.40. The molecule has 0 saturated carbocycles. The maximum Gasteiger partial charge on any atom is 0.243 e. The highest BCUT2D eigenvalue weighted by Gasteiger charge is 2.20. The van der Waals surface area contributed by atoms with E-state index in [4.69, 9.17) is 14.0 Å². The van der Waals surface area contributed by atoms with Crippen LogP contribution < -0.4 is 14.8 Å². The fourth-order valence-electron chi connectivity index (χ4n) is 2.97. The average Bonchev–Trinajstić information content (AvgIpc) is 3.19. The van der Waals surface area contributed by atoms with Crippen LogP contribution in [-0.4, -0.2) is 24.4 Å². The molecule has 148 valence electrons. The van der Waals surface area contributed by atoms with E-state index in [1.165, 1.54) is 6.07 Å². The third-order valence-electron chi connectivity index (χ3n) is 4.65. The van der Waals surface area contributed by atoms with Gasteiger partial charge in [-0.2, -0.15) is 4.98 Å². The van der Waals surface area contributed by atoms with Gasteiger partial charge >= 0.3 is 0 Å². The molecule has 0 bridgehead atoms. The number of rotatable bonds is 7. The van der Waals surface area contributed by atoms with Crippen LogP contribution >= 0.6 is 0 Å². The van der Waals surface area contributed by atoms with E-state index >= 15 is 0 Å². The molecule has 1 heterocycles. The van der Waals surface area contributed by atoms with Gasteiger partial charge in [0.15, 0.2) is 0 Å². The van der Waals surface area contributed by atoms with Gasteiger partial charge in [-0.1, -0.05) is 17.3 Å². The topological polar surface area (TPSA) is 69.4 Å². The van der Waals surface area contributed by atoms with Crippen molar-refractivity contribution in [1.29, 1.82) is 0 Å². The number of aromatic nitrogens is 2. The Kier molecular flexibility index (Phi) is 5.94. The lowest BCUT2D eigenvalue weighted by atomic mass is 10.1. The van der Waals surface area contributed by atoms with Gasteiger partial charge in [0.05, 0.1) is 20.3 Å². The minimum Gasteiger partial charge on any atom is -0.497 e. The first kappa shape index (κ1) is 19.8. The first-order valence-corrected chi connectivity index (χ1v) is 9.01. The Balaban J connectivity index is 1.77. The molecule has 0 amide bonds. The fraction of sp³-hybridized carbons (Fsp3) is 0.333. The zero-order valence-corrected chi connectivity index (χ0v) is 16.6. The first-order chi connectivity index (χ1) is 13.4. The number of nitrogens with one attached hydrogen (secondary N) is 1. The SMILES string of the molecule is COc1ccc(OC)c(C(C)NC(C)c2nc(-c3ccc(C)c(F)c3)no2)c1. The Labute approximate surface area is 163 Å². The molecule has 3 rings (SSSR count). The van der Waals surface area contributed by atoms with E-state index in [2.05, 4.69) is 15.5 Å². The Hall–Kier alpha value is -2.93. The molecular formula is C21H24FN3O3. The molecular weight excluding hydrogens is 361 g/mol. The van der Waals surface area contributed by atoms with Crippen LogP contribution in [0.15, 0.2) is 40.9 Å². The van der Waals surface area contributed by atoms with E-state index in [-0.39, 0.29) is 17.9 Å². The molecule has 0 spiro atoms. The molecule has 0 aliphatic carbocycles. The first-order valence-electron chi connectivity index (χ1n) is 9.01. The highest BCUT2D eigenvalue weighted by molar-refractivity contribution is 5.55. The summed E-state index contributed by atoms with van der Waals surface area (Å²) >= 11 is 0. The van der Waals surface area contributed by atoms with Gasteiger partial charge in [0.25, 0.3) is 0 Å². The van der Waals surface area contributed by atoms with Crippen molar-refractivity contribution in [2.24, 2.45) is 0 Å². The van der Waals surface area contributed by atoms with Gasteiger partial charge in [-0.15, -0.1) is 0 Å². The summed E-state index contributed by atoms with van der Waals surface area (Å²) in [4.78, 5) is 4.41. The third kappa shape index (κ3) is 4.14. The molecule has 1 N–H and O–H groups in total. The number of nitrogens with zero attached hydrogens (tertiary/aromatic N) is 2. The van der Waals surface area contributed by atoms with E-state index in [0.29, 0.717) is 22.8 Å². The lowest BCUT2D eigenvalue weighted by molar-refractivity contribution is 0.324. The summed E-state index contributed by atoms with van der Waals surface area (Å²) < 4.78 is 30.0. The van der Waals surface area contributed by atoms with Crippen molar-refractivity contribution in [3.8, 4) is 22.9 Å². The van der Waals surface area contributed by atoms with Gasteiger partial charge in [-0.05, 0) is 50.6 Å². The maximum atomic E-state index is 13.8. The number of methoxy groups -OCH3 is 2. The second-order valence-electron chi connectivity index (χ2n) is 6.64. The number of ether oxygens (including phenoxy) is 2. The molecule has 2 unspecified atom stereocenters. The molecule has 28 heavy (non-hydrogen) atoms. The zero-order valence-electron chi connectivity index (χ0n) is 16.6. The van der Waals surface area contributed by atoms with Crippen LogP contribution in [0.2, 0.25) is 0 Å². The molecule has 0 fully saturated rings. The molecule has 7 heteroatoms. The van der Waals surface area contributed by atoms with Crippen LogP contribution in [-0.2, 0) is 0 Å². The summed E-state index contributed by atoms with van der Waals surface area (Å²) in [5.41, 5.74) is 2.10. The van der Waals surface area contributed by atoms with Crippen LogP contribution in [0.1, 0.15) is 42.9 Å². The largest absolute Gasteiger partial charge is 0.497 e.